The predicted molar refractivity (Wildman–Crippen MR) is 75.5 cm³/mol. The van der Waals surface area contributed by atoms with Crippen LogP contribution in [0.4, 0.5) is 11.5 Å². The van der Waals surface area contributed by atoms with E-state index in [0.29, 0.717) is 0 Å². The predicted octanol–water partition coefficient (Wildman–Crippen LogP) is 3.18. The fourth-order valence-electron chi connectivity index (χ4n) is 2.26. The van der Waals surface area contributed by atoms with Gasteiger partial charge in [-0.3, -0.25) is 5.10 Å². The van der Waals surface area contributed by atoms with Gasteiger partial charge in [0.15, 0.2) is 5.82 Å². The molecule has 0 saturated carbocycles. The molecule has 5 heteroatoms. The largest absolute Gasteiger partial charge is 0.346 e. The number of rotatable bonds is 2. The highest BCUT2D eigenvalue weighted by Crippen LogP contribution is 2.27. The van der Waals surface area contributed by atoms with Crippen LogP contribution in [0.25, 0.3) is 21.9 Å². The van der Waals surface area contributed by atoms with Crippen LogP contribution in [0.1, 0.15) is 0 Å². The zero-order valence-electron chi connectivity index (χ0n) is 10.0. The quantitative estimate of drug-likeness (QED) is 0.511. The minimum atomic E-state index is 0.823. The molecule has 0 aliphatic heterocycles. The molecule has 5 nitrogen and oxygen atoms in total. The maximum atomic E-state index is 4.32. The molecule has 1 aromatic carbocycles. The molecule has 4 rings (SSSR count). The van der Waals surface area contributed by atoms with Crippen LogP contribution in [0.5, 0.6) is 0 Å². The minimum absolute atomic E-state index is 0.823. The molecule has 3 heterocycles. The number of para-hydroxylation sites is 1. The van der Waals surface area contributed by atoms with Gasteiger partial charge in [-0.2, -0.15) is 5.10 Å². The number of fused-ring (bicyclic) bond motifs is 2. The Morgan fingerprint density at radius 2 is 1.95 bits per heavy atom. The van der Waals surface area contributed by atoms with Gasteiger partial charge in [0.1, 0.15) is 5.65 Å². The number of benzene rings is 1. The molecule has 0 bridgehead atoms. The molecule has 0 saturated heterocycles. The summed E-state index contributed by atoms with van der Waals surface area (Å²) in [4.78, 5) is 7.37. The zero-order chi connectivity index (χ0) is 12.7. The van der Waals surface area contributed by atoms with Crippen molar-refractivity contribution in [1.29, 1.82) is 0 Å². The summed E-state index contributed by atoms with van der Waals surface area (Å²) in [6.07, 6.45) is 3.65. The highest BCUT2D eigenvalue weighted by atomic mass is 15.2. The molecule has 0 radical (unpaired) electrons. The van der Waals surface area contributed by atoms with Crippen LogP contribution in [-0.4, -0.2) is 20.2 Å². The number of nitrogens with zero attached hydrogens (tertiary/aromatic N) is 2. The molecule has 0 spiro atoms. The van der Waals surface area contributed by atoms with Crippen LogP contribution in [0.3, 0.4) is 0 Å². The minimum Gasteiger partial charge on any atom is -0.346 e. The molecule has 3 aromatic heterocycles. The maximum absolute atomic E-state index is 4.32. The van der Waals surface area contributed by atoms with E-state index in [2.05, 4.69) is 25.5 Å². The molecular weight excluding hydrogens is 238 g/mol. The van der Waals surface area contributed by atoms with Crippen LogP contribution in [0, 0.1) is 0 Å². The number of H-pyrrole nitrogens is 2. The molecule has 19 heavy (non-hydrogen) atoms. The molecule has 0 atom stereocenters. The van der Waals surface area contributed by atoms with E-state index in [1.165, 1.54) is 0 Å². The maximum Gasteiger partial charge on any atom is 0.160 e. The second-order valence-corrected chi connectivity index (χ2v) is 4.34. The lowest BCUT2D eigenvalue weighted by Crippen LogP contribution is -1.92. The number of pyridine rings is 1. The van der Waals surface area contributed by atoms with Crippen molar-refractivity contribution in [2.75, 3.05) is 5.32 Å². The van der Waals surface area contributed by atoms with Crippen LogP contribution in [0.2, 0.25) is 0 Å². The average molecular weight is 249 g/mol. The second-order valence-electron chi connectivity index (χ2n) is 4.34. The Morgan fingerprint density at radius 1 is 1.00 bits per heavy atom. The molecule has 0 amide bonds. The van der Waals surface area contributed by atoms with Crippen molar-refractivity contribution in [1.82, 2.24) is 20.2 Å². The lowest BCUT2D eigenvalue weighted by atomic mass is 10.2. The van der Waals surface area contributed by atoms with E-state index in [9.17, 15) is 0 Å². The van der Waals surface area contributed by atoms with Crippen molar-refractivity contribution in [3.63, 3.8) is 0 Å². The Labute approximate surface area is 108 Å². The van der Waals surface area contributed by atoms with E-state index < -0.39 is 0 Å². The van der Waals surface area contributed by atoms with Crippen LogP contribution >= 0.6 is 0 Å². The first-order valence-corrected chi connectivity index (χ1v) is 6.04. The highest BCUT2D eigenvalue weighted by molar-refractivity contribution is 5.96. The third-order valence-electron chi connectivity index (χ3n) is 3.18. The number of anilines is 2. The molecule has 92 valence electrons. The Hall–Kier alpha value is -2.82. The van der Waals surface area contributed by atoms with Crippen molar-refractivity contribution >= 4 is 33.4 Å². The van der Waals surface area contributed by atoms with Gasteiger partial charge in [-0.25, -0.2) is 4.98 Å². The molecule has 0 unspecified atom stereocenters. The zero-order valence-corrected chi connectivity index (χ0v) is 10.0. The average Bonchev–Trinajstić information content (AvgIpc) is 3.06. The van der Waals surface area contributed by atoms with E-state index in [-0.39, 0.29) is 0 Å². The first-order chi connectivity index (χ1) is 9.42. The van der Waals surface area contributed by atoms with E-state index in [1.54, 1.807) is 6.20 Å². The number of nitrogens with one attached hydrogen (secondary N) is 3. The standard InChI is InChI=1S/C14H11N5/c1-2-4-12-9(3-1)14(19-18-12)17-11-6-8-16-13-10(11)5-7-15-13/h1-8H,(H3,15,16,17,18,19). The van der Waals surface area contributed by atoms with E-state index in [1.807, 2.05) is 42.6 Å². The van der Waals surface area contributed by atoms with Gasteiger partial charge in [0, 0.05) is 23.2 Å². The van der Waals surface area contributed by atoms with Crippen LogP contribution < -0.4 is 5.32 Å². The van der Waals surface area contributed by atoms with Crippen molar-refractivity contribution in [3.05, 3.63) is 48.8 Å². The van der Waals surface area contributed by atoms with Crippen LogP contribution in [0.15, 0.2) is 48.8 Å². The topological polar surface area (TPSA) is 69.4 Å². The summed E-state index contributed by atoms with van der Waals surface area (Å²) in [7, 11) is 0. The lowest BCUT2D eigenvalue weighted by Gasteiger charge is -2.04. The summed E-state index contributed by atoms with van der Waals surface area (Å²) in [6.45, 7) is 0. The van der Waals surface area contributed by atoms with Crippen molar-refractivity contribution < 1.29 is 0 Å². The van der Waals surface area contributed by atoms with Gasteiger partial charge >= 0.3 is 0 Å². The van der Waals surface area contributed by atoms with Gasteiger partial charge in [-0.05, 0) is 24.3 Å². The van der Waals surface area contributed by atoms with Gasteiger partial charge in [0.2, 0.25) is 0 Å². The monoisotopic (exact) mass is 249 g/mol. The normalized spacial score (nSPS) is 11.2. The molecular formula is C14H11N5. The van der Waals surface area contributed by atoms with Gasteiger partial charge < -0.3 is 10.3 Å². The second kappa shape index (κ2) is 3.84. The fourth-order valence-corrected chi connectivity index (χ4v) is 2.26. The number of hydrogen-bond donors (Lipinski definition) is 3. The summed E-state index contributed by atoms with van der Waals surface area (Å²) in [5.74, 6) is 0.823. The first kappa shape index (κ1) is 10.1. The highest BCUT2D eigenvalue weighted by Gasteiger charge is 2.07. The van der Waals surface area contributed by atoms with E-state index >= 15 is 0 Å². The summed E-state index contributed by atoms with van der Waals surface area (Å²) >= 11 is 0. The molecule has 4 aromatic rings. The van der Waals surface area contributed by atoms with Crippen molar-refractivity contribution in [2.45, 2.75) is 0 Å². The van der Waals surface area contributed by atoms with E-state index in [4.69, 9.17) is 0 Å². The summed E-state index contributed by atoms with van der Waals surface area (Å²) < 4.78 is 0. The van der Waals surface area contributed by atoms with Gasteiger partial charge in [0.25, 0.3) is 0 Å². The SMILES string of the molecule is c1ccc2c(Nc3ccnc4[nH]ccc34)n[nH]c2c1. The Morgan fingerprint density at radius 3 is 2.95 bits per heavy atom. The summed E-state index contributed by atoms with van der Waals surface area (Å²) in [5.41, 5.74) is 2.87. The van der Waals surface area contributed by atoms with Crippen molar-refractivity contribution in [3.8, 4) is 0 Å². The number of aromatic nitrogens is 4. The van der Waals surface area contributed by atoms with Crippen LogP contribution in [-0.2, 0) is 0 Å². The summed E-state index contributed by atoms with van der Waals surface area (Å²) in [6, 6.07) is 12.0. The van der Waals surface area contributed by atoms with Gasteiger partial charge in [0.05, 0.1) is 11.2 Å². The van der Waals surface area contributed by atoms with E-state index in [0.717, 1.165) is 33.4 Å². The fraction of sp³-hybridized carbons (Fsp3) is 0. The smallest absolute Gasteiger partial charge is 0.160 e. The number of hydrogen-bond acceptors (Lipinski definition) is 3. The molecule has 3 N–H and O–H groups in total. The Bertz CT molecular complexity index is 858. The summed E-state index contributed by atoms with van der Waals surface area (Å²) in [5, 5.41) is 12.8. The molecule has 0 aliphatic carbocycles. The third kappa shape index (κ3) is 1.55. The molecule has 0 fully saturated rings. The Balaban J connectivity index is 1.84. The lowest BCUT2D eigenvalue weighted by molar-refractivity contribution is 1.12. The van der Waals surface area contributed by atoms with Gasteiger partial charge in [-0.15, -0.1) is 0 Å². The van der Waals surface area contributed by atoms with Gasteiger partial charge in [-0.1, -0.05) is 12.1 Å². The number of aromatic amines is 2. The third-order valence-corrected chi connectivity index (χ3v) is 3.18. The first-order valence-electron chi connectivity index (χ1n) is 6.04. The van der Waals surface area contributed by atoms with Crippen molar-refractivity contribution in [2.24, 2.45) is 0 Å². The Kier molecular flexibility index (Phi) is 2.05. The molecule has 0 aliphatic rings.